The standard InChI is InChI=1S/C12H17NO2.ClH/c1-3-4-12(13)10-5-7-11(8-6-10)15-9(2)14;/h5-8,12H,3-4,13H2,1-2H3;1H/t12-;/m1./s1. The predicted molar refractivity (Wildman–Crippen MR) is 66.8 cm³/mol. The summed E-state index contributed by atoms with van der Waals surface area (Å²) in [5.41, 5.74) is 7.03. The van der Waals surface area contributed by atoms with Gasteiger partial charge in [-0.05, 0) is 24.1 Å². The van der Waals surface area contributed by atoms with E-state index in [4.69, 9.17) is 10.5 Å². The Morgan fingerprint density at radius 2 is 1.94 bits per heavy atom. The zero-order valence-electron chi connectivity index (χ0n) is 9.60. The van der Waals surface area contributed by atoms with Gasteiger partial charge in [0.15, 0.2) is 0 Å². The number of carbonyl (C=O) groups excluding carboxylic acids is 1. The van der Waals surface area contributed by atoms with Crippen LogP contribution >= 0.6 is 12.4 Å². The van der Waals surface area contributed by atoms with Crippen molar-refractivity contribution in [1.29, 1.82) is 0 Å². The van der Waals surface area contributed by atoms with Crippen LogP contribution in [0.3, 0.4) is 0 Å². The molecule has 4 heteroatoms. The molecular formula is C12H18ClNO2. The van der Waals surface area contributed by atoms with E-state index in [0.29, 0.717) is 5.75 Å². The van der Waals surface area contributed by atoms with Gasteiger partial charge in [-0.1, -0.05) is 25.5 Å². The quantitative estimate of drug-likeness (QED) is 0.654. The van der Waals surface area contributed by atoms with Crippen LogP contribution in [-0.4, -0.2) is 5.97 Å². The lowest BCUT2D eigenvalue weighted by molar-refractivity contribution is -0.131. The summed E-state index contributed by atoms with van der Waals surface area (Å²) in [6.45, 7) is 3.49. The van der Waals surface area contributed by atoms with E-state index in [-0.39, 0.29) is 24.4 Å². The maximum absolute atomic E-state index is 10.7. The van der Waals surface area contributed by atoms with Gasteiger partial charge in [0.05, 0.1) is 0 Å². The summed E-state index contributed by atoms with van der Waals surface area (Å²) in [6, 6.07) is 7.41. The minimum absolute atomic E-state index is 0. The van der Waals surface area contributed by atoms with Gasteiger partial charge in [-0.15, -0.1) is 12.4 Å². The molecule has 0 unspecified atom stereocenters. The summed E-state index contributed by atoms with van der Waals surface area (Å²) < 4.78 is 4.93. The third-order valence-electron chi connectivity index (χ3n) is 2.17. The molecular weight excluding hydrogens is 226 g/mol. The third-order valence-corrected chi connectivity index (χ3v) is 2.17. The van der Waals surface area contributed by atoms with Crippen molar-refractivity contribution in [3.8, 4) is 5.75 Å². The maximum Gasteiger partial charge on any atom is 0.308 e. The minimum atomic E-state index is -0.305. The Bertz CT molecular complexity index is 324. The number of hydrogen-bond acceptors (Lipinski definition) is 3. The lowest BCUT2D eigenvalue weighted by Gasteiger charge is -2.10. The molecule has 1 aromatic carbocycles. The lowest BCUT2D eigenvalue weighted by atomic mass is 10.0. The fraction of sp³-hybridized carbons (Fsp3) is 0.417. The molecule has 0 radical (unpaired) electrons. The van der Waals surface area contributed by atoms with E-state index in [1.165, 1.54) is 6.92 Å². The zero-order chi connectivity index (χ0) is 11.3. The summed E-state index contributed by atoms with van der Waals surface area (Å²) in [5.74, 6) is 0.260. The van der Waals surface area contributed by atoms with Crippen LogP contribution in [-0.2, 0) is 4.79 Å². The minimum Gasteiger partial charge on any atom is -0.427 e. The fourth-order valence-corrected chi connectivity index (χ4v) is 1.43. The van der Waals surface area contributed by atoms with E-state index in [1.807, 2.05) is 12.1 Å². The molecule has 3 nitrogen and oxygen atoms in total. The van der Waals surface area contributed by atoms with Crippen molar-refractivity contribution in [1.82, 2.24) is 0 Å². The summed E-state index contributed by atoms with van der Waals surface area (Å²) in [6.07, 6.45) is 2.03. The molecule has 0 spiro atoms. The molecule has 1 atom stereocenters. The first kappa shape index (κ1) is 14.9. The molecule has 90 valence electrons. The lowest BCUT2D eigenvalue weighted by Crippen LogP contribution is -2.09. The number of esters is 1. The Labute approximate surface area is 102 Å². The highest BCUT2D eigenvalue weighted by atomic mass is 35.5. The van der Waals surface area contributed by atoms with E-state index in [1.54, 1.807) is 12.1 Å². The zero-order valence-corrected chi connectivity index (χ0v) is 10.4. The highest BCUT2D eigenvalue weighted by molar-refractivity contribution is 5.85. The first-order valence-corrected chi connectivity index (χ1v) is 5.17. The van der Waals surface area contributed by atoms with Gasteiger partial charge >= 0.3 is 5.97 Å². The second-order valence-corrected chi connectivity index (χ2v) is 3.56. The number of halogens is 1. The van der Waals surface area contributed by atoms with Crippen molar-refractivity contribution in [3.05, 3.63) is 29.8 Å². The number of hydrogen-bond donors (Lipinski definition) is 1. The van der Waals surface area contributed by atoms with Crippen LogP contribution in [0.15, 0.2) is 24.3 Å². The average molecular weight is 244 g/mol. The third kappa shape index (κ3) is 4.64. The van der Waals surface area contributed by atoms with Gasteiger partial charge in [0, 0.05) is 13.0 Å². The molecule has 0 aliphatic rings. The summed E-state index contributed by atoms with van der Waals surface area (Å²) in [5, 5.41) is 0. The van der Waals surface area contributed by atoms with E-state index < -0.39 is 0 Å². The van der Waals surface area contributed by atoms with Gasteiger partial charge in [0.25, 0.3) is 0 Å². The number of ether oxygens (including phenoxy) is 1. The second kappa shape index (κ2) is 7.25. The van der Waals surface area contributed by atoms with Gasteiger partial charge in [0.2, 0.25) is 0 Å². The molecule has 0 aliphatic carbocycles. The van der Waals surface area contributed by atoms with Crippen LogP contribution in [0, 0.1) is 0 Å². The molecule has 0 heterocycles. The van der Waals surface area contributed by atoms with Crippen molar-refractivity contribution < 1.29 is 9.53 Å². The maximum atomic E-state index is 10.7. The van der Waals surface area contributed by atoms with Crippen molar-refractivity contribution in [3.63, 3.8) is 0 Å². The van der Waals surface area contributed by atoms with E-state index in [0.717, 1.165) is 18.4 Å². The largest absolute Gasteiger partial charge is 0.427 e. The van der Waals surface area contributed by atoms with Crippen LogP contribution in [0.25, 0.3) is 0 Å². The van der Waals surface area contributed by atoms with Crippen LogP contribution in [0.5, 0.6) is 5.75 Å². The second-order valence-electron chi connectivity index (χ2n) is 3.56. The van der Waals surface area contributed by atoms with Crippen molar-refractivity contribution in [2.75, 3.05) is 0 Å². The molecule has 0 fully saturated rings. The van der Waals surface area contributed by atoms with Crippen LogP contribution in [0.4, 0.5) is 0 Å². The van der Waals surface area contributed by atoms with Gasteiger partial charge in [-0.25, -0.2) is 0 Å². The highest BCUT2D eigenvalue weighted by Crippen LogP contribution is 2.19. The number of rotatable bonds is 4. The summed E-state index contributed by atoms with van der Waals surface area (Å²) in [7, 11) is 0. The van der Waals surface area contributed by atoms with Crippen molar-refractivity contribution >= 4 is 18.4 Å². The highest BCUT2D eigenvalue weighted by Gasteiger charge is 2.05. The molecule has 0 saturated heterocycles. The molecule has 0 amide bonds. The first-order chi connectivity index (χ1) is 7.13. The number of benzene rings is 1. The van der Waals surface area contributed by atoms with Crippen molar-refractivity contribution in [2.24, 2.45) is 5.73 Å². The average Bonchev–Trinajstić information content (AvgIpc) is 2.18. The molecule has 1 rings (SSSR count). The molecule has 0 aliphatic heterocycles. The molecule has 0 bridgehead atoms. The topological polar surface area (TPSA) is 52.3 Å². The smallest absolute Gasteiger partial charge is 0.308 e. The monoisotopic (exact) mass is 243 g/mol. The Balaban J connectivity index is 0.00000225. The Morgan fingerprint density at radius 1 is 1.38 bits per heavy atom. The van der Waals surface area contributed by atoms with E-state index in [2.05, 4.69) is 6.92 Å². The molecule has 16 heavy (non-hydrogen) atoms. The molecule has 0 aromatic heterocycles. The Kier molecular flexibility index (Phi) is 6.77. The first-order valence-electron chi connectivity index (χ1n) is 5.17. The van der Waals surface area contributed by atoms with Gasteiger partial charge < -0.3 is 10.5 Å². The number of carbonyl (C=O) groups is 1. The summed E-state index contributed by atoms with van der Waals surface area (Å²) >= 11 is 0. The van der Waals surface area contributed by atoms with Crippen LogP contribution in [0.1, 0.15) is 38.3 Å². The fourth-order valence-electron chi connectivity index (χ4n) is 1.43. The van der Waals surface area contributed by atoms with E-state index >= 15 is 0 Å². The van der Waals surface area contributed by atoms with Gasteiger partial charge in [-0.2, -0.15) is 0 Å². The summed E-state index contributed by atoms with van der Waals surface area (Å²) in [4.78, 5) is 10.7. The van der Waals surface area contributed by atoms with Crippen LogP contribution < -0.4 is 10.5 Å². The van der Waals surface area contributed by atoms with E-state index in [9.17, 15) is 4.79 Å². The van der Waals surface area contributed by atoms with Gasteiger partial charge in [-0.3, -0.25) is 4.79 Å². The van der Waals surface area contributed by atoms with Gasteiger partial charge in [0.1, 0.15) is 5.75 Å². The SMILES string of the molecule is CCC[C@@H](N)c1ccc(OC(C)=O)cc1.Cl. The molecule has 1 aromatic rings. The van der Waals surface area contributed by atoms with Crippen LogP contribution in [0.2, 0.25) is 0 Å². The normalized spacial score (nSPS) is 11.4. The Morgan fingerprint density at radius 3 is 2.38 bits per heavy atom. The molecule has 2 N–H and O–H groups in total. The predicted octanol–water partition coefficient (Wildman–Crippen LogP) is 2.83. The Hall–Kier alpha value is -1.06. The van der Waals surface area contributed by atoms with Crippen molar-refractivity contribution in [2.45, 2.75) is 32.7 Å². The molecule has 0 saturated carbocycles. The number of nitrogens with two attached hydrogens (primary N) is 1.